The van der Waals surface area contributed by atoms with Gasteiger partial charge in [0.2, 0.25) is 0 Å². The van der Waals surface area contributed by atoms with Gasteiger partial charge < -0.3 is 4.74 Å². The van der Waals surface area contributed by atoms with Crippen LogP contribution in [0.2, 0.25) is 0 Å². The lowest BCUT2D eigenvalue weighted by Crippen LogP contribution is -2.23. The second kappa shape index (κ2) is 4.04. The minimum Gasteiger partial charge on any atom is -0.497 e. The van der Waals surface area contributed by atoms with Crippen molar-refractivity contribution in [3.63, 3.8) is 0 Å². The summed E-state index contributed by atoms with van der Waals surface area (Å²) in [5.74, 6) is 0.516. The summed E-state index contributed by atoms with van der Waals surface area (Å²) in [7, 11) is 0. The van der Waals surface area contributed by atoms with Crippen LogP contribution in [-0.2, 0) is 4.74 Å². The normalized spacial score (nSPS) is 24.2. The smallest absolute Gasteiger partial charge is 0.108 e. The third-order valence-corrected chi connectivity index (χ3v) is 3.43. The van der Waals surface area contributed by atoms with Crippen LogP contribution in [0.25, 0.3) is 0 Å². The molecule has 0 amide bonds. The lowest BCUT2D eigenvalue weighted by atomic mass is 9.74. The SMILES string of the molecule is C=COCC(=C)[C@H]1CC=C(C)C1(C)C. The Morgan fingerprint density at radius 3 is 2.79 bits per heavy atom. The maximum Gasteiger partial charge on any atom is 0.108 e. The second-order valence-corrected chi connectivity index (χ2v) is 4.53. The van der Waals surface area contributed by atoms with Crippen molar-refractivity contribution in [2.45, 2.75) is 27.2 Å². The highest BCUT2D eigenvalue weighted by Crippen LogP contribution is 2.46. The van der Waals surface area contributed by atoms with E-state index in [-0.39, 0.29) is 5.41 Å². The average molecular weight is 192 g/mol. The molecule has 0 radical (unpaired) electrons. The van der Waals surface area contributed by atoms with Crippen LogP contribution in [0.15, 0.2) is 36.6 Å². The minimum absolute atomic E-state index is 0.238. The fraction of sp³-hybridized carbons (Fsp3) is 0.538. The Hall–Kier alpha value is -0.980. The molecule has 0 saturated heterocycles. The van der Waals surface area contributed by atoms with Gasteiger partial charge in [0.1, 0.15) is 6.61 Å². The molecule has 0 aliphatic heterocycles. The molecule has 0 bridgehead atoms. The van der Waals surface area contributed by atoms with Crippen molar-refractivity contribution in [1.82, 2.24) is 0 Å². The molecular weight excluding hydrogens is 172 g/mol. The zero-order valence-electron chi connectivity index (χ0n) is 9.47. The molecule has 0 fully saturated rings. The summed E-state index contributed by atoms with van der Waals surface area (Å²) in [6.45, 7) is 15.0. The molecule has 0 unspecified atom stereocenters. The second-order valence-electron chi connectivity index (χ2n) is 4.53. The number of allylic oxidation sites excluding steroid dienone is 2. The van der Waals surface area contributed by atoms with Crippen molar-refractivity contribution < 1.29 is 4.74 Å². The summed E-state index contributed by atoms with van der Waals surface area (Å²) >= 11 is 0. The first kappa shape index (κ1) is 11.1. The standard InChI is InChI=1S/C13H20O/c1-6-14-9-10(2)12-8-7-11(3)13(12,4)5/h6-7,12H,1-2,8-9H2,3-5H3/t12-/m1/s1. The molecule has 0 spiro atoms. The van der Waals surface area contributed by atoms with E-state index in [9.17, 15) is 0 Å². The molecule has 1 aliphatic carbocycles. The predicted molar refractivity (Wildman–Crippen MR) is 60.9 cm³/mol. The Morgan fingerprint density at radius 1 is 1.71 bits per heavy atom. The van der Waals surface area contributed by atoms with Gasteiger partial charge in [-0.1, -0.05) is 38.7 Å². The van der Waals surface area contributed by atoms with E-state index in [2.05, 4.69) is 40.0 Å². The van der Waals surface area contributed by atoms with Crippen molar-refractivity contribution in [3.05, 3.63) is 36.6 Å². The van der Waals surface area contributed by atoms with Crippen LogP contribution in [0.4, 0.5) is 0 Å². The summed E-state index contributed by atoms with van der Waals surface area (Å²) in [6, 6.07) is 0. The maximum atomic E-state index is 5.18. The van der Waals surface area contributed by atoms with Gasteiger partial charge in [-0.25, -0.2) is 0 Å². The molecule has 0 aromatic rings. The van der Waals surface area contributed by atoms with Gasteiger partial charge in [0.15, 0.2) is 0 Å². The van der Waals surface area contributed by atoms with E-state index in [0.717, 1.165) is 6.42 Å². The fourth-order valence-electron chi connectivity index (χ4n) is 2.07. The lowest BCUT2D eigenvalue weighted by Gasteiger charge is -2.31. The van der Waals surface area contributed by atoms with E-state index in [4.69, 9.17) is 4.74 Å². The fourth-order valence-corrected chi connectivity index (χ4v) is 2.07. The van der Waals surface area contributed by atoms with Crippen molar-refractivity contribution >= 4 is 0 Å². The van der Waals surface area contributed by atoms with Crippen LogP contribution in [-0.4, -0.2) is 6.61 Å². The monoisotopic (exact) mass is 192 g/mol. The Kier molecular flexibility index (Phi) is 3.20. The summed E-state index contributed by atoms with van der Waals surface area (Å²) in [4.78, 5) is 0. The first-order chi connectivity index (χ1) is 6.50. The zero-order valence-corrected chi connectivity index (χ0v) is 9.47. The summed E-state index contributed by atoms with van der Waals surface area (Å²) in [5.41, 5.74) is 2.87. The number of ether oxygens (including phenoxy) is 1. The molecule has 0 saturated carbocycles. The van der Waals surface area contributed by atoms with Crippen LogP contribution in [0.1, 0.15) is 27.2 Å². The summed E-state index contributed by atoms with van der Waals surface area (Å²) in [6.07, 6.45) is 4.88. The molecule has 0 aromatic heterocycles. The summed E-state index contributed by atoms with van der Waals surface area (Å²) < 4.78 is 5.18. The Morgan fingerprint density at radius 2 is 2.36 bits per heavy atom. The van der Waals surface area contributed by atoms with Crippen LogP contribution in [0, 0.1) is 11.3 Å². The largest absolute Gasteiger partial charge is 0.497 e. The molecule has 1 nitrogen and oxygen atoms in total. The van der Waals surface area contributed by atoms with Gasteiger partial charge in [-0.2, -0.15) is 0 Å². The van der Waals surface area contributed by atoms with Crippen molar-refractivity contribution in [2.24, 2.45) is 11.3 Å². The van der Waals surface area contributed by atoms with Gasteiger partial charge >= 0.3 is 0 Å². The average Bonchev–Trinajstić information content (AvgIpc) is 2.38. The Bertz CT molecular complexity index is 271. The van der Waals surface area contributed by atoms with E-state index >= 15 is 0 Å². The zero-order chi connectivity index (χ0) is 10.8. The minimum atomic E-state index is 0.238. The van der Waals surface area contributed by atoms with Gasteiger partial charge in [-0.15, -0.1) is 0 Å². The molecule has 0 N–H and O–H groups in total. The van der Waals surface area contributed by atoms with Gasteiger partial charge in [0.05, 0.1) is 6.26 Å². The highest BCUT2D eigenvalue weighted by Gasteiger charge is 2.36. The van der Waals surface area contributed by atoms with Crippen molar-refractivity contribution in [2.75, 3.05) is 6.61 Å². The quantitative estimate of drug-likeness (QED) is 0.487. The van der Waals surface area contributed by atoms with E-state index in [1.807, 2.05) is 0 Å². The Labute approximate surface area is 87.2 Å². The van der Waals surface area contributed by atoms with Gasteiger partial charge in [0.25, 0.3) is 0 Å². The number of rotatable bonds is 4. The Balaban J connectivity index is 2.64. The molecule has 1 heteroatoms. The van der Waals surface area contributed by atoms with Crippen LogP contribution in [0.5, 0.6) is 0 Å². The predicted octanol–water partition coefficient (Wildman–Crippen LogP) is 3.70. The van der Waals surface area contributed by atoms with Gasteiger partial charge in [0, 0.05) is 0 Å². The molecule has 0 heterocycles. The molecule has 14 heavy (non-hydrogen) atoms. The van der Waals surface area contributed by atoms with Crippen LogP contribution >= 0.6 is 0 Å². The maximum absolute atomic E-state index is 5.18. The number of hydrogen-bond donors (Lipinski definition) is 0. The van der Waals surface area contributed by atoms with Gasteiger partial charge in [-0.05, 0) is 30.3 Å². The van der Waals surface area contributed by atoms with Crippen LogP contribution in [0.3, 0.4) is 0 Å². The highest BCUT2D eigenvalue weighted by atomic mass is 16.5. The van der Waals surface area contributed by atoms with Crippen LogP contribution < -0.4 is 0 Å². The highest BCUT2D eigenvalue weighted by molar-refractivity contribution is 5.25. The topological polar surface area (TPSA) is 9.23 Å². The molecular formula is C13H20O. The molecule has 1 atom stereocenters. The first-order valence-electron chi connectivity index (χ1n) is 5.07. The van der Waals surface area contributed by atoms with E-state index < -0.39 is 0 Å². The molecule has 0 aromatic carbocycles. The summed E-state index contributed by atoms with van der Waals surface area (Å²) in [5, 5.41) is 0. The molecule has 78 valence electrons. The lowest BCUT2D eigenvalue weighted by molar-refractivity contribution is 0.242. The first-order valence-corrected chi connectivity index (χ1v) is 5.07. The molecule has 1 aliphatic rings. The van der Waals surface area contributed by atoms with E-state index in [1.165, 1.54) is 17.4 Å². The van der Waals surface area contributed by atoms with Gasteiger partial charge in [-0.3, -0.25) is 0 Å². The van der Waals surface area contributed by atoms with E-state index in [0.29, 0.717) is 12.5 Å². The third kappa shape index (κ3) is 1.92. The van der Waals surface area contributed by atoms with Crippen molar-refractivity contribution in [1.29, 1.82) is 0 Å². The molecule has 1 rings (SSSR count). The van der Waals surface area contributed by atoms with Crippen molar-refractivity contribution in [3.8, 4) is 0 Å². The number of hydrogen-bond acceptors (Lipinski definition) is 1. The third-order valence-electron chi connectivity index (χ3n) is 3.43. The van der Waals surface area contributed by atoms with E-state index in [1.54, 1.807) is 0 Å².